The van der Waals surface area contributed by atoms with Gasteiger partial charge in [0.2, 0.25) is 5.91 Å². The van der Waals surface area contributed by atoms with Gasteiger partial charge in [-0.05, 0) is 19.8 Å². The van der Waals surface area contributed by atoms with Gasteiger partial charge in [-0.1, -0.05) is 6.92 Å². The Morgan fingerprint density at radius 3 is 2.33 bits per heavy atom. The van der Waals surface area contributed by atoms with Gasteiger partial charge < -0.3 is 14.7 Å². The summed E-state index contributed by atoms with van der Waals surface area (Å²) < 4.78 is 4.89. The third kappa shape index (κ3) is 2.80. The van der Waals surface area contributed by atoms with Crippen molar-refractivity contribution in [3.05, 3.63) is 0 Å². The van der Waals surface area contributed by atoms with E-state index in [0.29, 0.717) is 12.8 Å². The van der Waals surface area contributed by atoms with Crippen LogP contribution in [0.2, 0.25) is 0 Å². The van der Waals surface area contributed by atoms with Crippen LogP contribution in [0.15, 0.2) is 0 Å². The van der Waals surface area contributed by atoms with E-state index >= 15 is 0 Å². The predicted octanol–water partition coefficient (Wildman–Crippen LogP) is 0.509. The second kappa shape index (κ2) is 5.37. The summed E-state index contributed by atoms with van der Waals surface area (Å²) in [7, 11) is 1.51. The molecule has 1 atom stereocenters. The number of carboxylic acids is 1. The van der Waals surface area contributed by atoms with Gasteiger partial charge >= 0.3 is 11.9 Å². The number of rotatable bonds is 6. The number of hydrogen-bond acceptors (Lipinski definition) is 4. The Morgan fingerprint density at radius 1 is 1.39 bits per heavy atom. The fourth-order valence-electron chi connectivity index (χ4n) is 1.84. The van der Waals surface area contributed by atoms with E-state index in [4.69, 9.17) is 9.84 Å². The fraction of sp³-hybridized carbons (Fsp3) is 0.750. The molecule has 0 radical (unpaired) electrons. The smallest absolute Gasteiger partial charge is 0.321 e. The molecule has 6 heteroatoms. The highest BCUT2D eigenvalue weighted by molar-refractivity contribution is 6.05. The van der Waals surface area contributed by atoms with Crippen LogP contribution in [-0.4, -0.2) is 48.1 Å². The van der Waals surface area contributed by atoms with Crippen molar-refractivity contribution >= 4 is 17.8 Å². The number of carboxylic acid groups (broad SMARTS) is 1. The Hall–Kier alpha value is -1.59. The van der Waals surface area contributed by atoms with Gasteiger partial charge in [-0.3, -0.25) is 14.4 Å². The minimum Gasteiger partial charge on any atom is -0.481 e. The van der Waals surface area contributed by atoms with Crippen LogP contribution in [0.4, 0.5) is 0 Å². The molecule has 102 valence electrons. The summed E-state index contributed by atoms with van der Waals surface area (Å²) in [5, 5.41) is 8.79. The summed E-state index contributed by atoms with van der Waals surface area (Å²) in [5.41, 5.74) is -1.05. The normalized spacial score (nSPS) is 17.7. The monoisotopic (exact) mass is 257 g/mol. The van der Waals surface area contributed by atoms with Gasteiger partial charge in [-0.2, -0.15) is 0 Å². The van der Waals surface area contributed by atoms with Crippen molar-refractivity contribution in [1.82, 2.24) is 4.90 Å². The SMILES string of the molecule is CCOC(=O)C1(C(=O)N(C)CC(C)C(=O)O)CC1. The van der Waals surface area contributed by atoms with Crippen molar-refractivity contribution in [1.29, 1.82) is 0 Å². The summed E-state index contributed by atoms with van der Waals surface area (Å²) in [6.45, 7) is 3.54. The number of carbonyl (C=O) groups excluding carboxylic acids is 2. The second-order valence-electron chi connectivity index (χ2n) is 4.73. The average Bonchev–Trinajstić information content (AvgIpc) is 3.09. The number of amides is 1. The predicted molar refractivity (Wildman–Crippen MR) is 62.7 cm³/mol. The lowest BCUT2D eigenvalue weighted by Gasteiger charge is -2.23. The van der Waals surface area contributed by atoms with Crippen molar-refractivity contribution in [2.24, 2.45) is 11.3 Å². The minimum atomic E-state index is -1.05. The molecule has 0 saturated heterocycles. The van der Waals surface area contributed by atoms with E-state index < -0.39 is 23.3 Å². The zero-order chi connectivity index (χ0) is 13.9. The zero-order valence-corrected chi connectivity index (χ0v) is 10.9. The van der Waals surface area contributed by atoms with Gasteiger partial charge in [0.1, 0.15) is 5.41 Å². The van der Waals surface area contributed by atoms with Crippen LogP contribution in [0.5, 0.6) is 0 Å². The van der Waals surface area contributed by atoms with E-state index in [0.717, 1.165) is 0 Å². The number of nitrogens with zero attached hydrogens (tertiary/aromatic N) is 1. The maximum absolute atomic E-state index is 12.1. The number of hydrogen-bond donors (Lipinski definition) is 1. The number of aliphatic carboxylic acids is 1. The molecule has 18 heavy (non-hydrogen) atoms. The lowest BCUT2D eigenvalue weighted by molar-refractivity contribution is -0.157. The molecule has 1 rings (SSSR count). The maximum atomic E-state index is 12.1. The number of ether oxygens (including phenoxy) is 1. The Kier molecular flexibility index (Phi) is 4.32. The number of esters is 1. The zero-order valence-electron chi connectivity index (χ0n) is 10.9. The molecule has 0 aliphatic heterocycles. The first-order chi connectivity index (χ1) is 8.35. The van der Waals surface area contributed by atoms with Crippen molar-refractivity contribution in [3.8, 4) is 0 Å². The Balaban J connectivity index is 2.64. The number of carbonyl (C=O) groups is 3. The molecule has 0 bridgehead atoms. The van der Waals surface area contributed by atoms with Crippen molar-refractivity contribution in [3.63, 3.8) is 0 Å². The van der Waals surface area contributed by atoms with Crippen LogP contribution in [-0.2, 0) is 19.1 Å². The quantitative estimate of drug-likeness (QED) is 0.553. The maximum Gasteiger partial charge on any atom is 0.321 e. The van der Waals surface area contributed by atoms with Crippen LogP contribution in [0.1, 0.15) is 26.7 Å². The summed E-state index contributed by atoms with van der Waals surface area (Å²) in [6, 6.07) is 0. The summed E-state index contributed by atoms with van der Waals surface area (Å²) in [4.78, 5) is 35.9. The summed E-state index contributed by atoms with van der Waals surface area (Å²) in [5.74, 6) is -2.45. The van der Waals surface area contributed by atoms with Crippen LogP contribution in [0.25, 0.3) is 0 Å². The van der Waals surface area contributed by atoms with Gasteiger partial charge in [0.15, 0.2) is 0 Å². The molecule has 0 heterocycles. The van der Waals surface area contributed by atoms with E-state index in [-0.39, 0.29) is 19.1 Å². The lowest BCUT2D eigenvalue weighted by atomic mass is 10.0. The highest BCUT2D eigenvalue weighted by atomic mass is 16.5. The Morgan fingerprint density at radius 2 is 1.94 bits per heavy atom. The van der Waals surface area contributed by atoms with Gasteiger partial charge in [-0.25, -0.2) is 0 Å². The molecule has 0 spiro atoms. The standard InChI is InChI=1S/C12H19NO5/c1-4-18-11(17)12(5-6-12)10(16)13(3)7-8(2)9(14)15/h8H,4-7H2,1-3H3,(H,14,15). The molecule has 6 nitrogen and oxygen atoms in total. The minimum absolute atomic E-state index is 0.0926. The Labute approximate surface area is 106 Å². The topological polar surface area (TPSA) is 83.9 Å². The molecule has 1 fully saturated rings. The highest BCUT2D eigenvalue weighted by Crippen LogP contribution is 2.48. The molecule has 1 unspecified atom stereocenters. The van der Waals surface area contributed by atoms with E-state index in [1.165, 1.54) is 18.9 Å². The molecule has 1 aliphatic carbocycles. The first-order valence-electron chi connectivity index (χ1n) is 6.00. The lowest BCUT2D eigenvalue weighted by Crippen LogP contribution is -2.42. The third-order valence-electron chi connectivity index (χ3n) is 3.14. The first-order valence-corrected chi connectivity index (χ1v) is 6.00. The van der Waals surface area contributed by atoms with Crippen LogP contribution in [0.3, 0.4) is 0 Å². The van der Waals surface area contributed by atoms with Crippen molar-refractivity contribution in [2.45, 2.75) is 26.7 Å². The van der Waals surface area contributed by atoms with Gasteiger partial charge in [0.25, 0.3) is 0 Å². The summed E-state index contributed by atoms with van der Waals surface area (Å²) >= 11 is 0. The van der Waals surface area contributed by atoms with Gasteiger partial charge in [0.05, 0.1) is 12.5 Å². The van der Waals surface area contributed by atoms with Gasteiger partial charge in [0, 0.05) is 13.6 Å². The van der Waals surface area contributed by atoms with E-state index in [1.807, 2.05) is 0 Å². The molecular formula is C12H19NO5. The molecule has 1 aliphatic rings. The molecule has 1 amide bonds. The van der Waals surface area contributed by atoms with E-state index in [9.17, 15) is 14.4 Å². The molecular weight excluding hydrogens is 238 g/mol. The highest BCUT2D eigenvalue weighted by Gasteiger charge is 2.59. The largest absolute Gasteiger partial charge is 0.481 e. The molecule has 1 saturated carbocycles. The van der Waals surface area contributed by atoms with E-state index in [2.05, 4.69) is 0 Å². The molecule has 0 aromatic heterocycles. The Bertz CT molecular complexity index is 361. The molecule has 0 aromatic rings. The van der Waals surface area contributed by atoms with Crippen LogP contribution < -0.4 is 0 Å². The van der Waals surface area contributed by atoms with Crippen LogP contribution in [0, 0.1) is 11.3 Å². The fourth-order valence-corrected chi connectivity index (χ4v) is 1.84. The first kappa shape index (κ1) is 14.5. The van der Waals surface area contributed by atoms with Crippen LogP contribution >= 0.6 is 0 Å². The second-order valence-corrected chi connectivity index (χ2v) is 4.73. The molecule has 0 aromatic carbocycles. The third-order valence-corrected chi connectivity index (χ3v) is 3.14. The van der Waals surface area contributed by atoms with Gasteiger partial charge in [-0.15, -0.1) is 0 Å². The van der Waals surface area contributed by atoms with E-state index in [1.54, 1.807) is 6.92 Å². The van der Waals surface area contributed by atoms with Crippen molar-refractivity contribution < 1.29 is 24.2 Å². The average molecular weight is 257 g/mol. The molecule has 1 N–H and O–H groups in total. The van der Waals surface area contributed by atoms with Crippen molar-refractivity contribution in [2.75, 3.05) is 20.2 Å². The summed E-state index contributed by atoms with van der Waals surface area (Å²) in [6.07, 6.45) is 0.965.